The second kappa shape index (κ2) is 8.06. The first kappa shape index (κ1) is 20.9. The van der Waals surface area contributed by atoms with Gasteiger partial charge in [-0.05, 0) is 48.9 Å². The fourth-order valence-electron chi connectivity index (χ4n) is 4.65. The van der Waals surface area contributed by atoms with E-state index in [2.05, 4.69) is 17.4 Å². The first-order valence-electron chi connectivity index (χ1n) is 10.5. The van der Waals surface area contributed by atoms with Crippen LogP contribution in [-0.4, -0.2) is 52.7 Å². The smallest absolute Gasteiger partial charge is 0.407 e. The molecule has 162 valence electrons. The number of nitrogens with zero attached hydrogens (tertiary/aromatic N) is 1. The molecule has 2 amide bonds. The van der Waals surface area contributed by atoms with Gasteiger partial charge in [0.25, 0.3) is 0 Å². The lowest BCUT2D eigenvalue weighted by Gasteiger charge is -2.33. The lowest BCUT2D eigenvalue weighted by Crippen LogP contribution is -2.56. The highest BCUT2D eigenvalue weighted by Gasteiger charge is 2.47. The molecule has 2 N–H and O–H groups in total. The molecule has 1 aliphatic heterocycles. The third-order valence-electron chi connectivity index (χ3n) is 6.42. The number of likely N-dealkylation sites (tertiary alicyclic amines) is 1. The average molecular weight is 422 g/mol. The highest BCUT2D eigenvalue weighted by molar-refractivity contribution is 5.91. The van der Waals surface area contributed by atoms with E-state index >= 15 is 0 Å². The molecule has 1 fully saturated rings. The number of carboxylic acid groups (broad SMARTS) is 1. The van der Waals surface area contributed by atoms with Crippen molar-refractivity contribution in [3.63, 3.8) is 0 Å². The van der Waals surface area contributed by atoms with Gasteiger partial charge in [-0.2, -0.15) is 0 Å². The Labute approximate surface area is 181 Å². The van der Waals surface area contributed by atoms with Crippen molar-refractivity contribution in [1.82, 2.24) is 10.2 Å². The van der Waals surface area contributed by atoms with E-state index in [-0.39, 0.29) is 12.5 Å². The van der Waals surface area contributed by atoms with E-state index in [1.807, 2.05) is 36.4 Å². The largest absolute Gasteiger partial charge is 0.480 e. The Balaban J connectivity index is 1.40. The number of rotatable bonds is 5. The number of carbonyl (C=O) groups is 3. The number of alkyl carbamates (subject to hydrolysis) is 1. The van der Waals surface area contributed by atoms with Gasteiger partial charge in [0.15, 0.2) is 0 Å². The van der Waals surface area contributed by atoms with Crippen LogP contribution in [0.2, 0.25) is 0 Å². The number of nitrogens with one attached hydrogen (secondary N) is 1. The lowest BCUT2D eigenvalue weighted by atomic mass is 9.98. The van der Waals surface area contributed by atoms with E-state index in [0.29, 0.717) is 19.4 Å². The van der Waals surface area contributed by atoms with E-state index in [1.165, 1.54) is 4.90 Å². The van der Waals surface area contributed by atoms with Gasteiger partial charge in [0.2, 0.25) is 5.91 Å². The van der Waals surface area contributed by atoms with Gasteiger partial charge in [0.05, 0.1) is 0 Å². The van der Waals surface area contributed by atoms with Crippen LogP contribution in [0.4, 0.5) is 4.79 Å². The standard InChI is InChI=1S/C24H26N2O5/c1-15(21(27)26-13-7-12-24(26,2)22(28)29)25-23(30)31-14-20-18-10-5-3-8-16(18)17-9-4-6-11-19(17)20/h3-6,8-11,15,20H,7,12-14H2,1-2H3,(H,25,30)(H,28,29)/t15-,24?/m0/s1. The van der Waals surface area contributed by atoms with Crippen LogP contribution >= 0.6 is 0 Å². The van der Waals surface area contributed by atoms with Gasteiger partial charge >= 0.3 is 12.1 Å². The molecule has 2 aromatic rings. The van der Waals surface area contributed by atoms with E-state index < -0.39 is 29.6 Å². The van der Waals surface area contributed by atoms with Crippen molar-refractivity contribution >= 4 is 18.0 Å². The van der Waals surface area contributed by atoms with E-state index in [1.54, 1.807) is 13.8 Å². The minimum atomic E-state index is -1.24. The maximum atomic E-state index is 12.8. The third kappa shape index (κ3) is 3.65. The summed E-state index contributed by atoms with van der Waals surface area (Å²) in [6.07, 6.45) is 0.316. The Bertz CT molecular complexity index is 991. The van der Waals surface area contributed by atoms with Crippen molar-refractivity contribution in [2.24, 2.45) is 0 Å². The fraction of sp³-hybridized carbons (Fsp3) is 0.375. The van der Waals surface area contributed by atoms with E-state index in [0.717, 1.165) is 22.3 Å². The Morgan fingerprint density at radius 2 is 1.71 bits per heavy atom. The van der Waals surface area contributed by atoms with Crippen molar-refractivity contribution < 1.29 is 24.2 Å². The summed E-state index contributed by atoms with van der Waals surface area (Å²) in [5.41, 5.74) is 3.24. The van der Waals surface area contributed by atoms with Crippen LogP contribution in [0.15, 0.2) is 48.5 Å². The summed E-state index contributed by atoms with van der Waals surface area (Å²) in [4.78, 5) is 38.2. The zero-order chi connectivity index (χ0) is 22.2. The summed E-state index contributed by atoms with van der Waals surface area (Å²) in [7, 11) is 0. The van der Waals surface area contributed by atoms with Crippen molar-refractivity contribution in [2.45, 2.75) is 44.2 Å². The summed E-state index contributed by atoms with van der Waals surface area (Å²) < 4.78 is 5.49. The van der Waals surface area contributed by atoms with Gasteiger partial charge < -0.3 is 20.1 Å². The molecule has 7 nitrogen and oxygen atoms in total. The van der Waals surface area contributed by atoms with Crippen molar-refractivity contribution in [1.29, 1.82) is 0 Å². The Morgan fingerprint density at radius 3 is 2.29 bits per heavy atom. The van der Waals surface area contributed by atoms with Crippen LogP contribution in [0, 0.1) is 0 Å². The summed E-state index contributed by atoms with van der Waals surface area (Å²) in [5.74, 6) is -1.53. The molecule has 1 heterocycles. The normalized spacial score (nSPS) is 20.6. The van der Waals surface area contributed by atoms with Crippen LogP contribution < -0.4 is 5.32 Å². The molecule has 7 heteroatoms. The van der Waals surface area contributed by atoms with Gasteiger partial charge in [-0.1, -0.05) is 48.5 Å². The Kier molecular flexibility index (Phi) is 5.43. The number of carbonyl (C=O) groups excluding carboxylic acids is 2. The molecule has 1 saturated heterocycles. The van der Waals surface area contributed by atoms with Gasteiger partial charge in [0, 0.05) is 12.5 Å². The molecule has 31 heavy (non-hydrogen) atoms. The number of ether oxygens (including phenoxy) is 1. The summed E-state index contributed by atoms with van der Waals surface area (Å²) in [6.45, 7) is 3.60. The highest BCUT2D eigenvalue weighted by atomic mass is 16.5. The Hall–Kier alpha value is -3.35. The molecule has 2 atom stereocenters. The zero-order valence-corrected chi connectivity index (χ0v) is 17.6. The van der Waals surface area contributed by atoms with Gasteiger partial charge in [-0.3, -0.25) is 4.79 Å². The number of benzene rings is 2. The number of amides is 2. The summed E-state index contributed by atoms with van der Waals surface area (Å²) in [6, 6.07) is 15.2. The van der Waals surface area contributed by atoms with Crippen molar-refractivity contribution in [3.05, 3.63) is 59.7 Å². The predicted octanol–water partition coefficient (Wildman–Crippen LogP) is 3.38. The molecule has 1 unspecified atom stereocenters. The van der Waals surface area contributed by atoms with Crippen molar-refractivity contribution in [2.75, 3.05) is 13.2 Å². The monoisotopic (exact) mass is 422 g/mol. The van der Waals surface area contributed by atoms with Gasteiger partial charge in [-0.15, -0.1) is 0 Å². The maximum Gasteiger partial charge on any atom is 0.407 e. The van der Waals surface area contributed by atoms with Crippen LogP contribution in [0.3, 0.4) is 0 Å². The van der Waals surface area contributed by atoms with Crippen LogP contribution in [0.5, 0.6) is 0 Å². The Morgan fingerprint density at radius 1 is 1.13 bits per heavy atom. The molecule has 0 saturated carbocycles. The second-order valence-corrected chi connectivity index (χ2v) is 8.36. The first-order chi connectivity index (χ1) is 14.8. The SMILES string of the molecule is C[C@H](NC(=O)OCC1c2ccccc2-c2ccccc21)C(=O)N1CCCC1(C)C(=O)O. The van der Waals surface area contributed by atoms with Crippen LogP contribution in [0.1, 0.15) is 43.7 Å². The average Bonchev–Trinajstić information content (AvgIpc) is 3.31. The number of hydrogen-bond acceptors (Lipinski definition) is 4. The molecule has 0 radical (unpaired) electrons. The van der Waals surface area contributed by atoms with E-state index in [9.17, 15) is 19.5 Å². The predicted molar refractivity (Wildman–Crippen MR) is 115 cm³/mol. The lowest BCUT2D eigenvalue weighted by molar-refractivity contribution is -0.155. The van der Waals surface area contributed by atoms with E-state index in [4.69, 9.17) is 4.74 Å². The molecule has 2 aromatic carbocycles. The molecule has 0 spiro atoms. The highest BCUT2D eigenvalue weighted by Crippen LogP contribution is 2.44. The number of fused-ring (bicyclic) bond motifs is 3. The molecule has 4 rings (SSSR count). The van der Waals surface area contributed by atoms with Gasteiger partial charge in [-0.25, -0.2) is 9.59 Å². The molecule has 1 aliphatic carbocycles. The topological polar surface area (TPSA) is 95.9 Å². The second-order valence-electron chi connectivity index (χ2n) is 8.36. The molecular formula is C24H26N2O5. The third-order valence-corrected chi connectivity index (χ3v) is 6.42. The van der Waals surface area contributed by atoms with Crippen LogP contribution in [-0.2, 0) is 14.3 Å². The first-order valence-corrected chi connectivity index (χ1v) is 10.5. The quantitative estimate of drug-likeness (QED) is 0.770. The molecule has 2 aliphatic rings. The van der Waals surface area contributed by atoms with Crippen molar-refractivity contribution in [3.8, 4) is 11.1 Å². The maximum absolute atomic E-state index is 12.8. The molecule has 0 aromatic heterocycles. The van der Waals surface area contributed by atoms with Crippen LogP contribution in [0.25, 0.3) is 11.1 Å². The summed E-state index contributed by atoms with van der Waals surface area (Å²) >= 11 is 0. The number of hydrogen-bond donors (Lipinski definition) is 2. The van der Waals surface area contributed by atoms with Gasteiger partial charge in [0.1, 0.15) is 18.2 Å². The zero-order valence-electron chi connectivity index (χ0n) is 17.6. The minimum absolute atomic E-state index is 0.0713. The fourth-order valence-corrected chi connectivity index (χ4v) is 4.65. The minimum Gasteiger partial charge on any atom is -0.480 e. The number of carboxylic acids is 1. The number of aliphatic carboxylic acids is 1. The molecular weight excluding hydrogens is 396 g/mol. The summed E-state index contributed by atoms with van der Waals surface area (Å²) in [5, 5.41) is 12.1. The molecule has 0 bridgehead atoms.